The molecule has 1 amide bonds. The van der Waals surface area contributed by atoms with Gasteiger partial charge in [-0.15, -0.1) is 0 Å². The van der Waals surface area contributed by atoms with Crippen LogP contribution >= 0.6 is 0 Å². The number of carbonyl (C=O) groups is 1. The Labute approximate surface area is 193 Å². The normalized spacial score (nSPS) is 11.6. The average Bonchev–Trinajstić information content (AvgIpc) is 3.10. The summed E-state index contributed by atoms with van der Waals surface area (Å²) in [4.78, 5) is 12.4. The van der Waals surface area contributed by atoms with Gasteiger partial charge in [-0.25, -0.2) is 5.43 Å². The van der Waals surface area contributed by atoms with E-state index in [-0.39, 0.29) is 5.56 Å². The number of hydrogen-bond donors (Lipinski definition) is 1. The molecule has 0 saturated carbocycles. The number of amides is 1. The molecule has 4 aromatic rings. The molecule has 0 aliphatic carbocycles. The number of carbonyl (C=O) groups excluding carboxylic acids is 1. The molecule has 0 spiro atoms. The van der Waals surface area contributed by atoms with Gasteiger partial charge in [0.1, 0.15) is 0 Å². The fraction of sp³-hybridized carbons (Fsp3) is 0.115. The maximum absolute atomic E-state index is 12.9. The zero-order valence-electron chi connectivity index (χ0n) is 18.1. The number of nitrogens with one attached hydrogen (secondary N) is 1. The molecule has 1 heterocycles. The Morgan fingerprint density at radius 2 is 1.82 bits per heavy atom. The highest BCUT2D eigenvalue weighted by Crippen LogP contribution is 2.29. The minimum absolute atomic E-state index is 0.140. The average molecular weight is 460 g/mol. The van der Waals surface area contributed by atoms with Crippen molar-refractivity contribution in [2.75, 3.05) is 0 Å². The largest absolute Gasteiger partial charge is 0.416 e. The summed E-state index contributed by atoms with van der Waals surface area (Å²) in [6.45, 7) is 2.38. The standard InChI is InChI=1S/C26H19F3N4O/c1-17-23(15-31-32-25(34)18-9-6-10-21(13-18)26(27,28)29)22-11-4-5-12-24(22)33(17)16-20-8-3-2-7-19(20)14-30/h2-13,15H,16H2,1H3,(H,32,34)/b31-15-. The van der Waals surface area contributed by atoms with Gasteiger partial charge >= 0.3 is 6.18 Å². The van der Waals surface area contributed by atoms with Crippen LogP contribution in [-0.4, -0.2) is 16.7 Å². The summed E-state index contributed by atoms with van der Waals surface area (Å²) in [7, 11) is 0. The first-order chi connectivity index (χ1) is 16.3. The van der Waals surface area contributed by atoms with Gasteiger partial charge in [0, 0.05) is 34.3 Å². The number of nitriles is 1. The Morgan fingerprint density at radius 1 is 1.09 bits per heavy atom. The third-order valence-corrected chi connectivity index (χ3v) is 5.56. The molecule has 0 aliphatic heterocycles. The molecule has 0 aliphatic rings. The summed E-state index contributed by atoms with van der Waals surface area (Å²) in [6, 6.07) is 21.4. The fourth-order valence-electron chi connectivity index (χ4n) is 3.82. The number of rotatable bonds is 5. The van der Waals surface area contributed by atoms with E-state index in [1.54, 1.807) is 6.07 Å². The van der Waals surface area contributed by atoms with Gasteiger partial charge in [-0.2, -0.15) is 23.5 Å². The molecule has 4 rings (SSSR count). The molecule has 34 heavy (non-hydrogen) atoms. The molecular formula is C26H19F3N4O. The topological polar surface area (TPSA) is 70.2 Å². The zero-order chi connectivity index (χ0) is 24.3. The first-order valence-electron chi connectivity index (χ1n) is 10.4. The second-order valence-electron chi connectivity index (χ2n) is 7.65. The van der Waals surface area contributed by atoms with Crippen LogP contribution in [0.4, 0.5) is 13.2 Å². The summed E-state index contributed by atoms with van der Waals surface area (Å²) in [5.74, 6) is -0.744. The van der Waals surface area contributed by atoms with Crippen LogP contribution in [0.5, 0.6) is 0 Å². The molecule has 0 atom stereocenters. The Kier molecular flexibility index (Phi) is 6.19. The van der Waals surface area contributed by atoms with Crippen LogP contribution < -0.4 is 5.43 Å². The van der Waals surface area contributed by atoms with Crippen LogP contribution in [-0.2, 0) is 12.7 Å². The molecule has 0 bridgehead atoms. The van der Waals surface area contributed by atoms with Gasteiger partial charge in [0.2, 0.25) is 0 Å². The monoisotopic (exact) mass is 460 g/mol. The van der Waals surface area contributed by atoms with Crippen LogP contribution in [0, 0.1) is 18.3 Å². The highest BCUT2D eigenvalue weighted by molar-refractivity contribution is 6.02. The molecule has 170 valence electrons. The van der Waals surface area contributed by atoms with Crippen molar-refractivity contribution in [2.45, 2.75) is 19.6 Å². The second kappa shape index (κ2) is 9.24. The summed E-state index contributed by atoms with van der Waals surface area (Å²) < 4.78 is 40.8. The maximum Gasteiger partial charge on any atom is 0.416 e. The number of fused-ring (bicyclic) bond motifs is 1. The van der Waals surface area contributed by atoms with Gasteiger partial charge in [0.05, 0.1) is 23.4 Å². The van der Waals surface area contributed by atoms with E-state index in [0.29, 0.717) is 12.1 Å². The fourth-order valence-corrected chi connectivity index (χ4v) is 3.82. The minimum Gasteiger partial charge on any atom is -0.340 e. The Balaban J connectivity index is 1.62. The number of para-hydroxylation sites is 1. The van der Waals surface area contributed by atoms with Crippen LogP contribution in [0.2, 0.25) is 0 Å². The number of alkyl halides is 3. The molecule has 1 aromatic heterocycles. The third kappa shape index (κ3) is 4.55. The van der Waals surface area contributed by atoms with Crippen LogP contribution in [0.1, 0.15) is 38.3 Å². The van der Waals surface area contributed by atoms with Crippen molar-refractivity contribution in [1.82, 2.24) is 9.99 Å². The van der Waals surface area contributed by atoms with Crippen molar-refractivity contribution in [3.05, 3.63) is 106 Å². The zero-order valence-corrected chi connectivity index (χ0v) is 18.1. The highest BCUT2D eigenvalue weighted by atomic mass is 19.4. The predicted octanol–water partition coefficient (Wildman–Crippen LogP) is 5.65. The van der Waals surface area contributed by atoms with Crippen molar-refractivity contribution in [2.24, 2.45) is 5.10 Å². The van der Waals surface area contributed by atoms with Gasteiger partial charge in [0.25, 0.3) is 5.91 Å². The molecule has 0 unspecified atom stereocenters. The minimum atomic E-state index is -4.54. The summed E-state index contributed by atoms with van der Waals surface area (Å²) in [6.07, 6.45) is -3.06. The number of hydrazone groups is 1. The van der Waals surface area contributed by atoms with Gasteiger partial charge in [-0.1, -0.05) is 42.5 Å². The van der Waals surface area contributed by atoms with Gasteiger partial charge in [-0.3, -0.25) is 4.79 Å². The molecular weight excluding hydrogens is 441 g/mol. The molecule has 8 heteroatoms. The number of nitrogens with zero attached hydrogens (tertiary/aromatic N) is 3. The van der Waals surface area contributed by atoms with Gasteiger partial charge in [-0.05, 0) is 42.8 Å². The van der Waals surface area contributed by atoms with Crippen LogP contribution in [0.25, 0.3) is 10.9 Å². The van der Waals surface area contributed by atoms with Gasteiger partial charge in [0.15, 0.2) is 0 Å². The first-order valence-corrected chi connectivity index (χ1v) is 10.4. The second-order valence-corrected chi connectivity index (χ2v) is 7.65. The van der Waals surface area contributed by atoms with E-state index in [2.05, 4.69) is 21.2 Å². The van der Waals surface area contributed by atoms with Crippen molar-refractivity contribution in [1.29, 1.82) is 5.26 Å². The summed E-state index contributed by atoms with van der Waals surface area (Å²) in [5.41, 5.74) is 5.28. The van der Waals surface area contributed by atoms with E-state index in [0.717, 1.165) is 39.9 Å². The quantitative estimate of drug-likeness (QED) is 0.309. The third-order valence-electron chi connectivity index (χ3n) is 5.56. The van der Waals surface area contributed by atoms with Crippen molar-refractivity contribution >= 4 is 23.0 Å². The lowest BCUT2D eigenvalue weighted by Gasteiger charge is -2.10. The Hall–Kier alpha value is -4.38. The number of benzene rings is 3. The van der Waals surface area contributed by atoms with Crippen LogP contribution in [0.15, 0.2) is 77.9 Å². The van der Waals surface area contributed by atoms with Crippen LogP contribution in [0.3, 0.4) is 0 Å². The summed E-state index contributed by atoms with van der Waals surface area (Å²) in [5, 5.41) is 14.3. The maximum atomic E-state index is 12.9. The SMILES string of the molecule is Cc1c(/C=N\NC(=O)c2cccc(C(F)(F)F)c2)c2ccccc2n1Cc1ccccc1C#N. The van der Waals surface area contributed by atoms with E-state index in [1.165, 1.54) is 18.3 Å². The lowest BCUT2D eigenvalue weighted by Crippen LogP contribution is -2.18. The highest BCUT2D eigenvalue weighted by Gasteiger charge is 2.30. The predicted molar refractivity (Wildman–Crippen MR) is 123 cm³/mol. The smallest absolute Gasteiger partial charge is 0.340 e. The molecule has 5 nitrogen and oxygen atoms in total. The molecule has 1 N–H and O–H groups in total. The number of hydrogen-bond acceptors (Lipinski definition) is 3. The molecule has 3 aromatic carbocycles. The van der Waals surface area contributed by atoms with E-state index in [9.17, 15) is 23.2 Å². The lowest BCUT2D eigenvalue weighted by atomic mass is 10.1. The number of halogens is 3. The lowest BCUT2D eigenvalue weighted by molar-refractivity contribution is -0.137. The summed E-state index contributed by atoms with van der Waals surface area (Å²) >= 11 is 0. The van der Waals surface area contributed by atoms with E-state index >= 15 is 0 Å². The van der Waals surface area contributed by atoms with Crippen molar-refractivity contribution in [3.63, 3.8) is 0 Å². The molecule has 0 saturated heterocycles. The van der Waals surface area contributed by atoms with E-state index in [1.807, 2.05) is 49.4 Å². The number of aromatic nitrogens is 1. The van der Waals surface area contributed by atoms with Gasteiger partial charge < -0.3 is 4.57 Å². The molecule has 0 fully saturated rings. The Bertz CT molecular complexity index is 1440. The first kappa shape index (κ1) is 22.8. The van der Waals surface area contributed by atoms with Crippen molar-refractivity contribution < 1.29 is 18.0 Å². The van der Waals surface area contributed by atoms with Crippen molar-refractivity contribution in [3.8, 4) is 6.07 Å². The van der Waals surface area contributed by atoms with E-state index in [4.69, 9.17) is 0 Å². The Morgan fingerprint density at radius 3 is 2.59 bits per heavy atom. The van der Waals surface area contributed by atoms with E-state index < -0.39 is 17.6 Å². The molecule has 0 radical (unpaired) electrons.